The first-order chi connectivity index (χ1) is 12.9. The van der Waals surface area contributed by atoms with E-state index in [1.807, 2.05) is 41.2 Å². The maximum Gasteiger partial charge on any atom is 0.165 e. The van der Waals surface area contributed by atoms with Gasteiger partial charge in [0.2, 0.25) is 0 Å². The molecule has 0 radical (unpaired) electrons. The van der Waals surface area contributed by atoms with Gasteiger partial charge in [-0.1, -0.05) is 18.2 Å². The first-order valence-electron chi connectivity index (χ1n) is 8.69. The molecule has 6 heteroatoms. The van der Waals surface area contributed by atoms with Gasteiger partial charge in [-0.25, -0.2) is 9.67 Å². The second-order valence-electron chi connectivity index (χ2n) is 6.39. The molecule has 4 heterocycles. The van der Waals surface area contributed by atoms with Crippen LogP contribution in [0.25, 0.3) is 28.0 Å². The number of aromatic nitrogens is 5. The van der Waals surface area contributed by atoms with Crippen molar-refractivity contribution in [1.29, 1.82) is 0 Å². The highest BCUT2D eigenvalue weighted by molar-refractivity contribution is 5.82. The Morgan fingerprint density at radius 3 is 2.88 bits per heavy atom. The molecule has 4 aromatic rings. The molecule has 0 aliphatic carbocycles. The number of ether oxygens (including phenoxy) is 1. The van der Waals surface area contributed by atoms with Crippen molar-refractivity contribution in [2.75, 3.05) is 13.2 Å². The van der Waals surface area contributed by atoms with Crippen molar-refractivity contribution in [1.82, 2.24) is 24.7 Å². The van der Waals surface area contributed by atoms with Crippen LogP contribution < -0.4 is 0 Å². The zero-order valence-corrected chi connectivity index (χ0v) is 14.1. The fraction of sp³-hybridized carbons (Fsp3) is 0.200. The average molecular weight is 343 g/mol. The Morgan fingerprint density at radius 2 is 2.04 bits per heavy atom. The van der Waals surface area contributed by atoms with Gasteiger partial charge in [-0.3, -0.25) is 9.97 Å². The molecule has 26 heavy (non-hydrogen) atoms. The van der Waals surface area contributed by atoms with E-state index in [0.29, 0.717) is 6.61 Å². The van der Waals surface area contributed by atoms with E-state index in [9.17, 15) is 0 Å². The molecule has 1 saturated heterocycles. The number of pyridine rings is 2. The summed E-state index contributed by atoms with van der Waals surface area (Å²) in [7, 11) is 0. The topological polar surface area (TPSA) is 65.7 Å². The van der Waals surface area contributed by atoms with Crippen LogP contribution in [0.5, 0.6) is 0 Å². The predicted molar refractivity (Wildman–Crippen MR) is 98.1 cm³/mol. The van der Waals surface area contributed by atoms with E-state index in [1.54, 1.807) is 12.4 Å². The number of hydrogen-bond acceptors (Lipinski definition) is 5. The van der Waals surface area contributed by atoms with Crippen molar-refractivity contribution in [3.05, 3.63) is 66.9 Å². The third-order valence-electron chi connectivity index (χ3n) is 4.66. The molecule has 6 nitrogen and oxygen atoms in total. The molecule has 1 aliphatic rings. The predicted octanol–water partition coefficient (Wildman–Crippen LogP) is 3.38. The van der Waals surface area contributed by atoms with Gasteiger partial charge in [-0.2, -0.15) is 5.10 Å². The number of nitrogens with zero attached hydrogens (tertiary/aromatic N) is 5. The van der Waals surface area contributed by atoms with Crippen molar-refractivity contribution in [3.8, 4) is 17.1 Å². The number of fused-ring (bicyclic) bond motifs is 1. The van der Waals surface area contributed by atoms with Crippen LogP contribution in [-0.2, 0) is 4.74 Å². The van der Waals surface area contributed by atoms with E-state index in [2.05, 4.69) is 22.1 Å². The smallest absolute Gasteiger partial charge is 0.165 e. The molecular weight excluding hydrogens is 326 g/mol. The highest BCUT2D eigenvalue weighted by Gasteiger charge is 2.24. The largest absolute Gasteiger partial charge is 0.381 e. The molecule has 1 fully saturated rings. The first kappa shape index (κ1) is 15.2. The SMILES string of the molecule is c1cncc(-n2nc([C@H]3CCOC3)nc2-c2cnc3ccccc3c2)c1. The van der Waals surface area contributed by atoms with E-state index < -0.39 is 0 Å². The van der Waals surface area contributed by atoms with Crippen molar-refractivity contribution in [2.45, 2.75) is 12.3 Å². The number of para-hydroxylation sites is 1. The number of benzene rings is 1. The molecule has 0 amide bonds. The lowest BCUT2D eigenvalue weighted by Crippen LogP contribution is -2.03. The lowest BCUT2D eigenvalue weighted by atomic mass is 10.1. The Balaban J connectivity index is 1.67. The van der Waals surface area contributed by atoms with Crippen molar-refractivity contribution in [3.63, 3.8) is 0 Å². The Labute approximate surface area is 150 Å². The zero-order valence-electron chi connectivity index (χ0n) is 14.1. The van der Waals surface area contributed by atoms with E-state index in [-0.39, 0.29) is 5.92 Å². The quantitative estimate of drug-likeness (QED) is 0.570. The van der Waals surface area contributed by atoms with Crippen LogP contribution in [-0.4, -0.2) is 37.9 Å². The van der Waals surface area contributed by atoms with Crippen LogP contribution in [0, 0.1) is 0 Å². The van der Waals surface area contributed by atoms with Gasteiger partial charge in [0.1, 0.15) is 0 Å². The molecule has 1 aliphatic heterocycles. The van der Waals surface area contributed by atoms with Crippen molar-refractivity contribution >= 4 is 10.9 Å². The minimum absolute atomic E-state index is 0.236. The van der Waals surface area contributed by atoms with Gasteiger partial charge in [0, 0.05) is 35.9 Å². The molecule has 128 valence electrons. The maximum absolute atomic E-state index is 5.52. The van der Waals surface area contributed by atoms with Crippen molar-refractivity contribution < 1.29 is 4.74 Å². The third-order valence-corrected chi connectivity index (χ3v) is 4.66. The Bertz CT molecular complexity index is 1050. The standard InChI is InChI=1S/C20H17N5O/c1-2-6-18-14(4-1)10-16(11-22-18)20-23-19(15-7-9-26-13-15)24-25(20)17-5-3-8-21-12-17/h1-6,8,10-12,15H,7,9,13H2/t15-/m0/s1. The fourth-order valence-corrected chi connectivity index (χ4v) is 3.28. The van der Waals surface area contributed by atoms with Crippen LogP contribution in [0.3, 0.4) is 0 Å². The van der Waals surface area contributed by atoms with Crippen LogP contribution in [0.4, 0.5) is 0 Å². The normalized spacial score (nSPS) is 17.0. The van der Waals surface area contributed by atoms with Gasteiger partial charge in [0.15, 0.2) is 11.6 Å². The molecule has 0 bridgehead atoms. The summed E-state index contributed by atoms with van der Waals surface area (Å²) in [4.78, 5) is 13.7. The van der Waals surface area contributed by atoms with E-state index in [0.717, 1.165) is 46.8 Å². The highest BCUT2D eigenvalue weighted by atomic mass is 16.5. The molecule has 3 aromatic heterocycles. The van der Waals surface area contributed by atoms with Crippen LogP contribution in [0.2, 0.25) is 0 Å². The zero-order chi connectivity index (χ0) is 17.3. The summed E-state index contributed by atoms with van der Waals surface area (Å²) in [6.07, 6.45) is 6.35. The van der Waals surface area contributed by atoms with Gasteiger partial charge >= 0.3 is 0 Å². The lowest BCUT2D eigenvalue weighted by Gasteiger charge is -2.06. The molecule has 0 spiro atoms. The summed E-state index contributed by atoms with van der Waals surface area (Å²) in [5.41, 5.74) is 2.78. The summed E-state index contributed by atoms with van der Waals surface area (Å²) in [6.45, 7) is 1.44. The van der Waals surface area contributed by atoms with Crippen LogP contribution >= 0.6 is 0 Å². The van der Waals surface area contributed by atoms with Gasteiger partial charge in [-0.15, -0.1) is 0 Å². The first-order valence-corrected chi connectivity index (χ1v) is 8.69. The molecule has 5 rings (SSSR count). The monoisotopic (exact) mass is 343 g/mol. The molecule has 0 N–H and O–H groups in total. The third kappa shape index (κ3) is 2.64. The second kappa shape index (κ2) is 6.31. The molecule has 1 atom stereocenters. The van der Waals surface area contributed by atoms with Gasteiger partial charge in [0.05, 0.1) is 24.0 Å². The average Bonchev–Trinajstić information content (AvgIpc) is 3.38. The van der Waals surface area contributed by atoms with E-state index >= 15 is 0 Å². The summed E-state index contributed by atoms with van der Waals surface area (Å²) in [5.74, 6) is 1.83. The maximum atomic E-state index is 5.52. The Morgan fingerprint density at radius 1 is 1.08 bits per heavy atom. The molecular formula is C20H17N5O. The van der Waals surface area contributed by atoms with Crippen LogP contribution in [0.1, 0.15) is 18.2 Å². The molecule has 0 saturated carbocycles. The van der Waals surface area contributed by atoms with E-state index in [1.165, 1.54) is 0 Å². The van der Waals surface area contributed by atoms with Gasteiger partial charge in [-0.05, 0) is 30.7 Å². The Hall–Kier alpha value is -3.12. The number of rotatable bonds is 3. The summed E-state index contributed by atoms with van der Waals surface area (Å²) in [5, 5.41) is 5.86. The molecule has 1 aromatic carbocycles. The summed E-state index contributed by atoms with van der Waals surface area (Å²) >= 11 is 0. The van der Waals surface area contributed by atoms with Crippen LogP contribution in [0.15, 0.2) is 61.1 Å². The minimum Gasteiger partial charge on any atom is -0.381 e. The Kier molecular flexibility index (Phi) is 3.68. The second-order valence-corrected chi connectivity index (χ2v) is 6.39. The minimum atomic E-state index is 0.236. The fourth-order valence-electron chi connectivity index (χ4n) is 3.28. The molecule has 0 unspecified atom stereocenters. The summed E-state index contributed by atoms with van der Waals surface area (Å²) in [6, 6.07) is 14.1. The van der Waals surface area contributed by atoms with Gasteiger partial charge in [0.25, 0.3) is 0 Å². The van der Waals surface area contributed by atoms with Gasteiger partial charge < -0.3 is 4.74 Å². The highest BCUT2D eigenvalue weighted by Crippen LogP contribution is 2.28. The lowest BCUT2D eigenvalue weighted by molar-refractivity contribution is 0.193. The number of hydrogen-bond donors (Lipinski definition) is 0. The summed E-state index contributed by atoms with van der Waals surface area (Å²) < 4.78 is 7.37. The van der Waals surface area contributed by atoms with Crippen molar-refractivity contribution in [2.24, 2.45) is 0 Å². The van der Waals surface area contributed by atoms with E-state index in [4.69, 9.17) is 14.8 Å².